The van der Waals surface area contributed by atoms with Gasteiger partial charge in [-0.2, -0.15) is 0 Å². The lowest BCUT2D eigenvalue weighted by atomic mass is 9.90. The van der Waals surface area contributed by atoms with Crippen molar-refractivity contribution in [3.05, 3.63) is 23.0 Å². The van der Waals surface area contributed by atoms with Crippen molar-refractivity contribution >= 4 is 0 Å². The van der Waals surface area contributed by atoms with Crippen molar-refractivity contribution in [1.82, 2.24) is 0 Å². The van der Waals surface area contributed by atoms with Gasteiger partial charge in [0.15, 0.2) is 11.7 Å². The van der Waals surface area contributed by atoms with Gasteiger partial charge >= 0.3 is 0 Å². The van der Waals surface area contributed by atoms with Gasteiger partial charge in [-0.15, -0.1) is 0 Å². The molecule has 1 saturated heterocycles. The smallest absolute Gasteiger partial charge is 0.195 e. The number of ether oxygens (including phenoxy) is 3. The monoisotopic (exact) mass is 388 g/mol. The summed E-state index contributed by atoms with van der Waals surface area (Å²) in [7, 11) is 1.35. The lowest BCUT2D eigenvalue weighted by Crippen LogP contribution is -2.32. The average Bonchev–Trinajstić information content (AvgIpc) is 2.70. The fraction of sp³-hybridized carbons (Fsp3) is 0.818. The first kappa shape index (κ1) is 24.1. The van der Waals surface area contributed by atoms with Crippen molar-refractivity contribution in [2.45, 2.75) is 85.4 Å². The summed E-state index contributed by atoms with van der Waals surface area (Å²) in [6.07, 6.45) is 5.96. The van der Waals surface area contributed by atoms with E-state index in [2.05, 4.69) is 13.8 Å². The van der Waals surface area contributed by atoms with E-state index in [0.717, 1.165) is 32.1 Å². The Labute approximate surface area is 164 Å². The van der Waals surface area contributed by atoms with Crippen LogP contribution in [0.3, 0.4) is 0 Å². The summed E-state index contributed by atoms with van der Waals surface area (Å²) in [5.74, 6) is -1.32. The maximum atomic E-state index is 14.5. The molecule has 5 heteroatoms. The van der Waals surface area contributed by atoms with Gasteiger partial charge in [0.25, 0.3) is 0 Å². The van der Waals surface area contributed by atoms with Gasteiger partial charge in [0.05, 0.1) is 25.9 Å². The van der Waals surface area contributed by atoms with E-state index in [-0.39, 0.29) is 17.8 Å². The molecular weight excluding hydrogens is 350 g/mol. The molecule has 0 aliphatic carbocycles. The molecule has 0 spiro atoms. The predicted molar refractivity (Wildman–Crippen MR) is 106 cm³/mol. The lowest BCUT2D eigenvalue weighted by Gasteiger charge is -2.29. The summed E-state index contributed by atoms with van der Waals surface area (Å²) in [4.78, 5) is 0. The van der Waals surface area contributed by atoms with E-state index >= 15 is 0 Å². The van der Waals surface area contributed by atoms with Crippen molar-refractivity contribution in [3.8, 4) is 0 Å². The van der Waals surface area contributed by atoms with Crippen LogP contribution in [-0.2, 0) is 14.2 Å². The Morgan fingerprint density at radius 1 is 1.11 bits per heavy atom. The first-order chi connectivity index (χ1) is 12.8. The molecule has 0 N–H and O–H groups in total. The maximum Gasteiger partial charge on any atom is 0.195 e. The molecule has 1 aliphatic heterocycles. The number of rotatable bonds is 11. The molecule has 1 fully saturated rings. The minimum atomic E-state index is -0.889. The highest BCUT2D eigenvalue weighted by Crippen LogP contribution is 2.31. The normalized spacial score (nSPS) is 24.7. The maximum absolute atomic E-state index is 14.5. The van der Waals surface area contributed by atoms with Crippen LogP contribution in [-0.4, -0.2) is 32.5 Å². The fourth-order valence-corrected chi connectivity index (χ4v) is 3.43. The minimum absolute atomic E-state index is 0.0174. The molecule has 0 radical (unpaired) electrons. The molecule has 1 heterocycles. The Morgan fingerprint density at radius 2 is 1.81 bits per heavy atom. The SMILES string of the molecule is CC/C(=C(F)\C(F)=C(/C)OC)C(C)CCC(C)COC1CCC(CC)OC1. The third kappa shape index (κ3) is 7.90. The van der Waals surface area contributed by atoms with E-state index < -0.39 is 11.7 Å². The molecule has 1 aliphatic rings. The van der Waals surface area contributed by atoms with Gasteiger partial charge in [-0.05, 0) is 62.9 Å². The third-order valence-corrected chi connectivity index (χ3v) is 5.56. The Morgan fingerprint density at radius 3 is 2.33 bits per heavy atom. The molecule has 4 unspecified atom stereocenters. The molecular formula is C22H38F2O3. The second-order valence-electron chi connectivity index (χ2n) is 7.75. The first-order valence-corrected chi connectivity index (χ1v) is 10.4. The van der Waals surface area contributed by atoms with Crippen LogP contribution in [0.15, 0.2) is 23.0 Å². The van der Waals surface area contributed by atoms with Crippen LogP contribution in [0.25, 0.3) is 0 Å². The van der Waals surface area contributed by atoms with Crippen LogP contribution in [0.2, 0.25) is 0 Å². The number of hydrogen-bond donors (Lipinski definition) is 0. The molecule has 0 aromatic carbocycles. The van der Waals surface area contributed by atoms with Crippen LogP contribution in [0.1, 0.15) is 73.1 Å². The zero-order valence-electron chi connectivity index (χ0n) is 17.9. The van der Waals surface area contributed by atoms with Crippen molar-refractivity contribution in [2.24, 2.45) is 11.8 Å². The predicted octanol–water partition coefficient (Wildman–Crippen LogP) is 6.49. The molecule has 1 rings (SSSR count). The molecule has 0 aromatic rings. The standard InChI is InChI=1S/C22H38F2O3/c1-7-18-11-12-19(14-27-18)26-13-15(3)9-10-16(4)20(8-2)22(24)21(23)17(5)25-6/h15-16,18-19H,7-14H2,1-6H3/b21-17-,22-20-. The number of hydrogen-bond acceptors (Lipinski definition) is 3. The quantitative estimate of drug-likeness (QED) is 0.299. The van der Waals surface area contributed by atoms with Gasteiger partial charge in [-0.3, -0.25) is 0 Å². The highest BCUT2D eigenvalue weighted by Gasteiger charge is 2.22. The minimum Gasteiger partial charge on any atom is -0.498 e. The summed E-state index contributed by atoms with van der Waals surface area (Å²) in [6, 6.07) is 0. The summed E-state index contributed by atoms with van der Waals surface area (Å²) in [6.45, 7) is 10.9. The fourth-order valence-electron chi connectivity index (χ4n) is 3.43. The van der Waals surface area contributed by atoms with E-state index in [1.54, 1.807) is 0 Å². The van der Waals surface area contributed by atoms with Crippen molar-refractivity contribution < 1.29 is 23.0 Å². The van der Waals surface area contributed by atoms with Gasteiger partial charge in [-0.1, -0.05) is 27.7 Å². The van der Waals surface area contributed by atoms with Crippen LogP contribution >= 0.6 is 0 Å². The molecule has 0 aromatic heterocycles. The van der Waals surface area contributed by atoms with Gasteiger partial charge in [0.2, 0.25) is 0 Å². The Hall–Kier alpha value is -0.940. The molecule has 3 nitrogen and oxygen atoms in total. The van der Waals surface area contributed by atoms with Gasteiger partial charge in [0, 0.05) is 6.61 Å². The van der Waals surface area contributed by atoms with Crippen LogP contribution in [0.4, 0.5) is 8.78 Å². The molecule has 0 amide bonds. The van der Waals surface area contributed by atoms with Gasteiger partial charge in [-0.25, -0.2) is 8.78 Å². The van der Waals surface area contributed by atoms with Gasteiger partial charge in [0.1, 0.15) is 5.76 Å². The summed E-state index contributed by atoms with van der Waals surface area (Å²) in [5, 5.41) is 0. The molecule has 0 bridgehead atoms. The largest absolute Gasteiger partial charge is 0.498 e. The highest BCUT2D eigenvalue weighted by atomic mass is 19.2. The van der Waals surface area contributed by atoms with Crippen molar-refractivity contribution in [2.75, 3.05) is 20.3 Å². The van der Waals surface area contributed by atoms with E-state index in [9.17, 15) is 8.78 Å². The zero-order valence-corrected chi connectivity index (χ0v) is 17.9. The summed E-state index contributed by atoms with van der Waals surface area (Å²) < 4.78 is 45.1. The molecule has 4 atom stereocenters. The number of methoxy groups -OCH3 is 1. The van der Waals surface area contributed by atoms with Crippen molar-refractivity contribution in [1.29, 1.82) is 0 Å². The second kappa shape index (κ2) is 12.5. The topological polar surface area (TPSA) is 27.7 Å². The zero-order chi connectivity index (χ0) is 20.4. The lowest BCUT2D eigenvalue weighted by molar-refractivity contribution is -0.0920. The van der Waals surface area contributed by atoms with Crippen LogP contribution < -0.4 is 0 Å². The summed E-state index contributed by atoms with van der Waals surface area (Å²) >= 11 is 0. The molecule has 27 heavy (non-hydrogen) atoms. The van der Waals surface area contributed by atoms with Gasteiger partial charge < -0.3 is 14.2 Å². The van der Waals surface area contributed by atoms with Crippen molar-refractivity contribution in [3.63, 3.8) is 0 Å². The molecule has 158 valence electrons. The second-order valence-corrected chi connectivity index (χ2v) is 7.75. The van der Waals surface area contributed by atoms with E-state index in [1.807, 2.05) is 13.8 Å². The van der Waals surface area contributed by atoms with Crippen LogP contribution in [0.5, 0.6) is 0 Å². The van der Waals surface area contributed by atoms with E-state index in [1.165, 1.54) is 14.0 Å². The number of halogens is 2. The average molecular weight is 389 g/mol. The Kier molecular flexibility index (Phi) is 11.2. The third-order valence-electron chi connectivity index (χ3n) is 5.56. The molecule has 0 saturated carbocycles. The first-order valence-electron chi connectivity index (χ1n) is 10.4. The Bertz CT molecular complexity index is 494. The highest BCUT2D eigenvalue weighted by molar-refractivity contribution is 5.28. The van der Waals surface area contributed by atoms with E-state index in [4.69, 9.17) is 14.2 Å². The number of allylic oxidation sites excluding steroid dienone is 4. The summed E-state index contributed by atoms with van der Waals surface area (Å²) in [5.41, 5.74) is 0.517. The van der Waals surface area contributed by atoms with E-state index in [0.29, 0.717) is 37.2 Å². The Balaban J connectivity index is 2.46. The van der Waals surface area contributed by atoms with Crippen LogP contribution in [0, 0.1) is 11.8 Å².